The lowest BCUT2D eigenvalue weighted by Crippen LogP contribution is -2.41. The van der Waals surface area contributed by atoms with Crippen molar-refractivity contribution in [2.75, 3.05) is 27.3 Å². The molecule has 2 fully saturated rings. The van der Waals surface area contributed by atoms with Crippen LogP contribution in [0, 0.1) is 5.92 Å². The SMILES string of the molecule is COc1cc2cc([C@H](c3nnnn3C3CCCC3)N3CCC(Cc4ccccc4)CC3)c(=O)[nH]c2cc1OC. The fourth-order valence-electron chi connectivity index (χ4n) is 6.40. The van der Waals surface area contributed by atoms with Gasteiger partial charge < -0.3 is 14.5 Å². The first-order chi connectivity index (χ1) is 19.1. The molecule has 39 heavy (non-hydrogen) atoms. The Kier molecular flexibility index (Phi) is 7.32. The Morgan fingerprint density at radius 1 is 0.974 bits per heavy atom. The van der Waals surface area contributed by atoms with Gasteiger partial charge in [-0.1, -0.05) is 43.2 Å². The lowest BCUT2D eigenvalue weighted by molar-refractivity contribution is 0.141. The maximum absolute atomic E-state index is 13.7. The first-order valence-electron chi connectivity index (χ1n) is 14.0. The number of likely N-dealkylation sites (tertiary alicyclic amines) is 1. The number of nitrogens with one attached hydrogen (secondary N) is 1. The van der Waals surface area contributed by atoms with Gasteiger partial charge in [0.1, 0.15) is 6.04 Å². The minimum atomic E-state index is -0.334. The van der Waals surface area contributed by atoms with Crippen LogP contribution in [0.2, 0.25) is 0 Å². The minimum absolute atomic E-state index is 0.132. The maximum Gasteiger partial charge on any atom is 0.253 e. The van der Waals surface area contributed by atoms with Crippen molar-refractivity contribution in [3.8, 4) is 11.5 Å². The Hall–Kier alpha value is -3.72. The van der Waals surface area contributed by atoms with Crippen molar-refractivity contribution in [1.29, 1.82) is 0 Å². The second kappa shape index (κ2) is 11.2. The summed E-state index contributed by atoms with van der Waals surface area (Å²) in [6.07, 6.45) is 7.69. The summed E-state index contributed by atoms with van der Waals surface area (Å²) in [5.41, 5.74) is 2.61. The second-order valence-corrected chi connectivity index (χ2v) is 10.8. The third-order valence-corrected chi connectivity index (χ3v) is 8.49. The molecule has 1 atom stereocenters. The number of hydrogen-bond acceptors (Lipinski definition) is 7. The number of methoxy groups -OCH3 is 2. The number of tetrazole rings is 1. The van der Waals surface area contributed by atoms with Crippen LogP contribution in [-0.4, -0.2) is 57.4 Å². The summed E-state index contributed by atoms with van der Waals surface area (Å²) in [5, 5.41) is 14.0. The zero-order chi connectivity index (χ0) is 26.8. The molecular formula is C30H36N6O3. The minimum Gasteiger partial charge on any atom is -0.493 e. The van der Waals surface area contributed by atoms with Crippen LogP contribution in [0.4, 0.5) is 0 Å². The van der Waals surface area contributed by atoms with Crippen molar-refractivity contribution >= 4 is 10.9 Å². The molecule has 6 rings (SSSR count). The smallest absolute Gasteiger partial charge is 0.253 e. The average Bonchev–Trinajstić information content (AvgIpc) is 3.67. The van der Waals surface area contributed by atoms with Crippen LogP contribution in [0.15, 0.2) is 53.3 Å². The normalized spacial score (nSPS) is 18.0. The van der Waals surface area contributed by atoms with Crippen molar-refractivity contribution in [1.82, 2.24) is 30.1 Å². The van der Waals surface area contributed by atoms with E-state index in [9.17, 15) is 4.79 Å². The summed E-state index contributed by atoms with van der Waals surface area (Å²) < 4.78 is 13.0. The van der Waals surface area contributed by atoms with Gasteiger partial charge in [-0.15, -0.1) is 5.10 Å². The summed E-state index contributed by atoms with van der Waals surface area (Å²) >= 11 is 0. The number of aromatic amines is 1. The summed E-state index contributed by atoms with van der Waals surface area (Å²) in [5.74, 6) is 2.57. The standard InChI is InChI=1S/C30H36N6O3/c1-38-26-18-22-17-24(30(37)31-25(22)19-27(26)39-2)28(29-32-33-34-36(29)23-10-6-7-11-23)35-14-12-21(13-15-35)16-20-8-4-3-5-9-20/h3-5,8-9,17-19,21,23,28H,6-7,10-16H2,1-2H3,(H,31,37)/t28-/m1/s1. The van der Waals surface area contributed by atoms with Crippen molar-refractivity contribution < 1.29 is 9.47 Å². The topological polar surface area (TPSA) is 98.2 Å². The molecule has 4 aromatic rings. The molecule has 1 N–H and O–H groups in total. The second-order valence-electron chi connectivity index (χ2n) is 10.8. The molecule has 204 valence electrons. The van der Waals surface area contributed by atoms with Gasteiger partial charge in [-0.05, 0) is 79.2 Å². The van der Waals surface area contributed by atoms with Gasteiger partial charge in [-0.25, -0.2) is 4.68 Å². The Morgan fingerprint density at radius 2 is 1.69 bits per heavy atom. The Labute approximate surface area is 228 Å². The van der Waals surface area contributed by atoms with Gasteiger partial charge in [-0.2, -0.15) is 0 Å². The van der Waals surface area contributed by atoms with Gasteiger partial charge in [0, 0.05) is 17.0 Å². The van der Waals surface area contributed by atoms with Crippen LogP contribution in [0.25, 0.3) is 10.9 Å². The Morgan fingerprint density at radius 3 is 2.41 bits per heavy atom. The van der Waals surface area contributed by atoms with Gasteiger partial charge in [0.25, 0.3) is 5.56 Å². The number of piperidine rings is 1. The molecule has 9 heteroatoms. The predicted octanol–water partition coefficient (Wildman–Crippen LogP) is 4.69. The molecule has 1 aliphatic heterocycles. The number of rotatable bonds is 8. The third-order valence-electron chi connectivity index (χ3n) is 8.49. The lowest BCUT2D eigenvalue weighted by atomic mass is 9.89. The highest BCUT2D eigenvalue weighted by Gasteiger charge is 2.35. The number of H-pyrrole nitrogens is 1. The summed E-state index contributed by atoms with van der Waals surface area (Å²) in [4.78, 5) is 19.2. The van der Waals surface area contributed by atoms with Gasteiger partial charge in [0.2, 0.25) is 0 Å². The van der Waals surface area contributed by atoms with Crippen molar-refractivity contribution in [3.63, 3.8) is 0 Å². The van der Waals surface area contributed by atoms with Gasteiger partial charge >= 0.3 is 0 Å². The van der Waals surface area contributed by atoms with Crippen LogP contribution < -0.4 is 15.0 Å². The summed E-state index contributed by atoms with van der Waals surface area (Å²) in [6, 6.07) is 16.4. The van der Waals surface area contributed by atoms with E-state index in [0.717, 1.165) is 56.4 Å². The number of ether oxygens (including phenoxy) is 2. The molecule has 1 saturated heterocycles. The van der Waals surface area contributed by atoms with E-state index in [4.69, 9.17) is 9.47 Å². The Balaban J connectivity index is 1.37. The highest BCUT2D eigenvalue weighted by Crippen LogP contribution is 2.37. The lowest BCUT2D eigenvalue weighted by Gasteiger charge is -2.37. The number of nitrogens with zero attached hydrogens (tertiary/aromatic N) is 5. The molecule has 0 radical (unpaired) electrons. The van der Waals surface area contributed by atoms with E-state index >= 15 is 0 Å². The van der Waals surface area contributed by atoms with Crippen LogP contribution in [0.3, 0.4) is 0 Å². The molecule has 2 aromatic heterocycles. The quantitative estimate of drug-likeness (QED) is 0.354. The number of pyridine rings is 1. The van der Waals surface area contributed by atoms with Gasteiger partial charge in [0.15, 0.2) is 17.3 Å². The van der Waals surface area contributed by atoms with E-state index in [-0.39, 0.29) is 17.6 Å². The van der Waals surface area contributed by atoms with Gasteiger partial charge in [-0.3, -0.25) is 9.69 Å². The molecule has 3 heterocycles. The molecule has 0 unspecified atom stereocenters. The molecule has 2 aliphatic rings. The van der Waals surface area contributed by atoms with Gasteiger partial charge in [0.05, 0.1) is 25.8 Å². The van der Waals surface area contributed by atoms with Crippen LogP contribution in [0.5, 0.6) is 11.5 Å². The number of fused-ring (bicyclic) bond motifs is 1. The van der Waals surface area contributed by atoms with E-state index in [2.05, 4.69) is 55.7 Å². The van der Waals surface area contributed by atoms with E-state index in [1.54, 1.807) is 14.2 Å². The molecular weight excluding hydrogens is 492 g/mol. The van der Waals surface area contributed by atoms with Crippen molar-refractivity contribution in [2.24, 2.45) is 5.92 Å². The summed E-state index contributed by atoms with van der Waals surface area (Å²) in [7, 11) is 3.21. The molecule has 0 bridgehead atoms. The predicted molar refractivity (Wildman–Crippen MR) is 149 cm³/mol. The fraction of sp³-hybridized carbons (Fsp3) is 0.467. The fourth-order valence-corrected chi connectivity index (χ4v) is 6.40. The molecule has 9 nitrogen and oxygen atoms in total. The van der Waals surface area contributed by atoms with E-state index in [1.807, 2.05) is 22.9 Å². The summed E-state index contributed by atoms with van der Waals surface area (Å²) in [6.45, 7) is 1.76. The highest BCUT2D eigenvalue weighted by atomic mass is 16.5. The largest absolute Gasteiger partial charge is 0.493 e. The highest BCUT2D eigenvalue weighted by molar-refractivity contribution is 5.83. The van der Waals surface area contributed by atoms with E-state index in [1.165, 1.54) is 18.4 Å². The van der Waals surface area contributed by atoms with Crippen LogP contribution in [0.1, 0.15) is 67.6 Å². The first-order valence-corrected chi connectivity index (χ1v) is 14.0. The van der Waals surface area contributed by atoms with Crippen molar-refractivity contribution in [3.05, 3.63) is 75.8 Å². The number of aromatic nitrogens is 5. The maximum atomic E-state index is 13.7. The number of benzene rings is 2. The molecule has 1 saturated carbocycles. The van der Waals surface area contributed by atoms with Crippen LogP contribution in [-0.2, 0) is 6.42 Å². The van der Waals surface area contributed by atoms with Crippen molar-refractivity contribution in [2.45, 2.75) is 57.0 Å². The molecule has 1 aliphatic carbocycles. The molecule has 0 spiro atoms. The Bertz CT molecular complexity index is 1470. The monoisotopic (exact) mass is 528 g/mol. The molecule has 0 amide bonds. The third kappa shape index (κ3) is 5.15. The first kappa shape index (κ1) is 25.6. The zero-order valence-corrected chi connectivity index (χ0v) is 22.7. The number of hydrogen-bond donors (Lipinski definition) is 1. The van der Waals surface area contributed by atoms with E-state index < -0.39 is 0 Å². The molecule has 2 aromatic carbocycles. The van der Waals surface area contributed by atoms with Crippen LogP contribution >= 0.6 is 0 Å². The average molecular weight is 529 g/mol. The van der Waals surface area contributed by atoms with E-state index in [0.29, 0.717) is 28.5 Å². The zero-order valence-electron chi connectivity index (χ0n) is 22.7.